The van der Waals surface area contributed by atoms with E-state index in [-0.39, 0.29) is 17.8 Å². The molecule has 0 amide bonds. The van der Waals surface area contributed by atoms with Gasteiger partial charge in [0.1, 0.15) is 10.3 Å². The summed E-state index contributed by atoms with van der Waals surface area (Å²) in [4.78, 5) is 0. The Morgan fingerprint density at radius 1 is 1.21 bits per heavy atom. The molecule has 14 heavy (non-hydrogen) atoms. The molecule has 0 saturated heterocycles. The van der Waals surface area contributed by atoms with Crippen molar-refractivity contribution in [2.45, 2.75) is 4.58 Å². The lowest BCUT2D eigenvalue weighted by Crippen LogP contribution is -1.96. The molecular weight excluding hydrogens is 220 g/mol. The number of furan rings is 1. The number of hydrogen-bond acceptors (Lipinski definition) is 5. The molecule has 0 atom stereocenters. The molecule has 0 aliphatic carbocycles. The van der Waals surface area contributed by atoms with Gasteiger partial charge in [-0.25, -0.2) is 0 Å². The van der Waals surface area contributed by atoms with E-state index in [4.69, 9.17) is 14.6 Å². The van der Waals surface area contributed by atoms with E-state index in [9.17, 15) is 0 Å². The number of aliphatic hydroxyl groups is 2. The first-order valence-corrected chi connectivity index (χ1v) is 6.46. The average molecular weight is 234 g/mol. The van der Waals surface area contributed by atoms with Crippen LogP contribution in [0.15, 0.2) is 22.8 Å². The molecule has 80 valence electrons. The van der Waals surface area contributed by atoms with Gasteiger partial charge in [0.25, 0.3) is 0 Å². The molecule has 0 aliphatic rings. The van der Waals surface area contributed by atoms with Gasteiger partial charge < -0.3 is 14.6 Å². The van der Waals surface area contributed by atoms with Crippen LogP contribution in [-0.2, 0) is 0 Å². The van der Waals surface area contributed by atoms with Gasteiger partial charge in [0.15, 0.2) is 0 Å². The Balaban J connectivity index is 2.44. The molecule has 2 N–H and O–H groups in total. The van der Waals surface area contributed by atoms with E-state index in [0.717, 1.165) is 5.76 Å². The van der Waals surface area contributed by atoms with E-state index in [1.807, 2.05) is 12.1 Å². The van der Waals surface area contributed by atoms with E-state index >= 15 is 0 Å². The van der Waals surface area contributed by atoms with Crippen LogP contribution in [0, 0.1) is 0 Å². The lowest BCUT2D eigenvalue weighted by Gasteiger charge is -2.12. The molecule has 1 heterocycles. The second-order valence-corrected chi connectivity index (χ2v) is 5.26. The molecule has 5 heteroatoms. The topological polar surface area (TPSA) is 53.6 Å². The summed E-state index contributed by atoms with van der Waals surface area (Å²) in [6, 6.07) is 3.76. The average Bonchev–Trinajstić information content (AvgIpc) is 2.71. The van der Waals surface area contributed by atoms with Gasteiger partial charge in [-0.1, -0.05) is 0 Å². The van der Waals surface area contributed by atoms with Crippen molar-refractivity contribution in [1.82, 2.24) is 0 Å². The Kier molecular flexibility index (Phi) is 6.18. The fourth-order valence-electron chi connectivity index (χ4n) is 0.957. The third-order valence-electron chi connectivity index (χ3n) is 1.50. The van der Waals surface area contributed by atoms with E-state index in [0.29, 0.717) is 11.5 Å². The van der Waals surface area contributed by atoms with Crippen LogP contribution < -0.4 is 0 Å². The minimum absolute atomic E-state index is 0.168. The van der Waals surface area contributed by atoms with Crippen molar-refractivity contribution < 1.29 is 14.6 Å². The first-order valence-electron chi connectivity index (χ1n) is 4.37. The zero-order chi connectivity index (χ0) is 10.2. The first kappa shape index (κ1) is 12.0. The third kappa shape index (κ3) is 3.96. The van der Waals surface area contributed by atoms with Crippen molar-refractivity contribution in [2.24, 2.45) is 0 Å². The van der Waals surface area contributed by atoms with Gasteiger partial charge in [0.2, 0.25) is 0 Å². The van der Waals surface area contributed by atoms with Crippen LogP contribution in [0.3, 0.4) is 0 Å². The Hall–Kier alpha value is -0.100. The van der Waals surface area contributed by atoms with Crippen LogP contribution in [0.2, 0.25) is 0 Å². The SMILES string of the molecule is OCCSC(SCCO)c1ccco1. The lowest BCUT2D eigenvalue weighted by atomic mass is 10.5. The van der Waals surface area contributed by atoms with Gasteiger partial charge in [-0.3, -0.25) is 0 Å². The summed E-state index contributed by atoms with van der Waals surface area (Å²) in [6.07, 6.45) is 1.64. The molecule has 0 spiro atoms. The van der Waals surface area contributed by atoms with Crippen molar-refractivity contribution in [2.75, 3.05) is 24.7 Å². The van der Waals surface area contributed by atoms with E-state index in [1.54, 1.807) is 29.8 Å². The second-order valence-electron chi connectivity index (χ2n) is 2.54. The molecule has 0 bridgehead atoms. The van der Waals surface area contributed by atoms with Gasteiger partial charge in [0, 0.05) is 11.5 Å². The monoisotopic (exact) mass is 234 g/mol. The zero-order valence-electron chi connectivity index (χ0n) is 7.76. The van der Waals surface area contributed by atoms with Crippen LogP contribution in [0.5, 0.6) is 0 Å². The molecule has 0 fully saturated rings. The molecule has 1 aromatic rings. The van der Waals surface area contributed by atoms with Crippen molar-refractivity contribution >= 4 is 23.5 Å². The Bertz CT molecular complexity index is 218. The maximum atomic E-state index is 8.73. The molecule has 0 saturated carbocycles. The molecule has 3 nitrogen and oxygen atoms in total. The van der Waals surface area contributed by atoms with Crippen LogP contribution in [0.1, 0.15) is 10.3 Å². The molecule has 0 radical (unpaired) electrons. The number of thioether (sulfide) groups is 2. The largest absolute Gasteiger partial charge is 0.467 e. The summed E-state index contributed by atoms with van der Waals surface area (Å²) in [5.41, 5.74) is 0. The van der Waals surface area contributed by atoms with Crippen molar-refractivity contribution in [1.29, 1.82) is 0 Å². The lowest BCUT2D eigenvalue weighted by molar-refractivity contribution is 0.322. The second kappa shape index (κ2) is 7.23. The van der Waals surface area contributed by atoms with Gasteiger partial charge in [-0.15, -0.1) is 23.5 Å². The molecule has 1 rings (SSSR count). The van der Waals surface area contributed by atoms with Crippen LogP contribution in [-0.4, -0.2) is 34.9 Å². The highest BCUT2D eigenvalue weighted by Crippen LogP contribution is 2.39. The standard InChI is InChI=1S/C9H14O3S2/c10-3-6-13-9(14-7-4-11)8-2-1-5-12-8/h1-2,5,9-11H,3-4,6-7H2. The Morgan fingerprint density at radius 2 is 1.86 bits per heavy atom. The first-order chi connectivity index (χ1) is 6.88. The molecule has 1 aromatic heterocycles. The molecule has 0 aliphatic heterocycles. The summed E-state index contributed by atoms with van der Waals surface area (Å²) >= 11 is 3.25. The molecule has 0 unspecified atom stereocenters. The van der Waals surface area contributed by atoms with Crippen LogP contribution >= 0.6 is 23.5 Å². The maximum absolute atomic E-state index is 8.73. The highest BCUT2D eigenvalue weighted by molar-refractivity contribution is 8.16. The fourth-order valence-corrected chi connectivity index (χ4v) is 3.16. The number of hydrogen-bond donors (Lipinski definition) is 2. The van der Waals surface area contributed by atoms with Crippen molar-refractivity contribution in [3.63, 3.8) is 0 Å². The Morgan fingerprint density at radius 3 is 2.29 bits per heavy atom. The van der Waals surface area contributed by atoms with E-state index < -0.39 is 0 Å². The number of rotatable bonds is 7. The highest BCUT2D eigenvalue weighted by atomic mass is 32.2. The van der Waals surface area contributed by atoms with Crippen LogP contribution in [0.4, 0.5) is 0 Å². The summed E-state index contributed by atoms with van der Waals surface area (Å²) < 4.78 is 5.46. The molecule has 0 aromatic carbocycles. The van der Waals surface area contributed by atoms with Crippen molar-refractivity contribution in [3.05, 3.63) is 24.2 Å². The minimum atomic E-state index is 0.168. The van der Waals surface area contributed by atoms with Gasteiger partial charge >= 0.3 is 0 Å². The predicted molar refractivity (Wildman–Crippen MR) is 60.5 cm³/mol. The fraction of sp³-hybridized carbons (Fsp3) is 0.556. The van der Waals surface area contributed by atoms with Gasteiger partial charge in [-0.2, -0.15) is 0 Å². The normalized spacial score (nSPS) is 11.1. The smallest absolute Gasteiger partial charge is 0.126 e. The summed E-state index contributed by atoms with van der Waals surface area (Å²) in [5, 5.41) is 17.5. The van der Waals surface area contributed by atoms with E-state index in [1.165, 1.54) is 0 Å². The maximum Gasteiger partial charge on any atom is 0.126 e. The highest BCUT2D eigenvalue weighted by Gasteiger charge is 2.14. The van der Waals surface area contributed by atoms with E-state index in [2.05, 4.69) is 0 Å². The predicted octanol–water partition coefficient (Wildman–Crippen LogP) is 1.73. The third-order valence-corrected chi connectivity index (χ3v) is 4.22. The van der Waals surface area contributed by atoms with Gasteiger partial charge in [0.05, 0.1) is 19.5 Å². The quantitative estimate of drug-likeness (QED) is 0.704. The Labute approximate surface area is 91.9 Å². The zero-order valence-corrected chi connectivity index (χ0v) is 9.39. The van der Waals surface area contributed by atoms with Crippen LogP contribution in [0.25, 0.3) is 0 Å². The summed E-state index contributed by atoms with van der Waals surface area (Å²) in [7, 11) is 0. The molecular formula is C9H14O3S2. The summed E-state index contributed by atoms with van der Waals surface area (Å²) in [5.74, 6) is 2.26. The summed E-state index contributed by atoms with van der Waals surface area (Å²) in [6.45, 7) is 0.336. The van der Waals surface area contributed by atoms with Gasteiger partial charge in [-0.05, 0) is 12.1 Å². The van der Waals surface area contributed by atoms with Crippen molar-refractivity contribution in [3.8, 4) is 0 Å². The number of aliphatic hydroxyl groups excluding tert-OH is 2. The minimum Gasteiger partial charge on any atom is -0.467 e.